The van der Waals surface area contributed by atoms with E-state index >= 15 is 0 Å². The number of fused-ring (bicyclic) bond motifs is 1. The molecule has 0 aliphatic heterocycles. The molecule has 184 valence electrons. The highest BCUT2D eigenvalue weighted by Gasteiger charge is 2.18. The number of aromatic nitrogens is 2. The molecule has 1 aromatic carbocycles. The summed E-state index contributed by atoms with van der Waals surface area (Å²) in [5, 5.41) is 37.1. The molecule has 0 unspecified atom stereocenters. The Balaban J connectivity index is 1.99. The van der Waals surface area contributed by atoms with E-state index in [1.807, 2.05) is 0 Å². The SMILES string of the molecule is COCCCNc1nc(NCCCOC)c(/N=N/c2snc3ccc([N+](=O)[O-])cc23)c(C)c1C#N. The highest BCUT2D eigenvalue weighted by Crippen LogP contribution is 2.38. The van der Waals surface area contributed by atoms with E-state index in [1.165, 1.54) is 12.1 Å². The van der Waals surface area contributed by atoms with Gasteiger partial charge in [0.25, 0.3) is 5.69 Å². The molecule has 3 aromatic rings. The van der Waals surface area contributed by atoms with Crippen LogP contribution in [0.3, 0.4) is 0 Å². The molecule has 0 spiro atoms. The molecule has 2 aromatic heterocycles. The molecule has 0 saturated heterocycles. The van der Waals surface area contributed by atoms with E-state index in [0.29, 0.717) is 70.7 Å². The van der Waals surface area contributed by atoms with E-state index in [0.717, 1.165) is 24.4 Å². The second kappa shape index (κ2) is 12.7. The average molecular weight is 499 g/mol. The Labute approximate surface area is 206 Å². The third-order valence-electron chi connectivity index (χ3n) is 5.05. The van der Waals surface area contributed by atoms with Crippen LogP contribution in [0.1, 0.15) is 24.0 Å². The standard InChI is InChI=1S/C22H26N8O4S/c1-14-17(13-23)20(24-8-4-10-33-2)26-21(25-9-5-11-34-3)19(14)27-28-22-16-12-15(30(31)32)6-7-18(16)29-35-22/h6-7,12H,4-5,8-11H2,1-3H3,(H2,24,25,26)/b28-27+. The number of nitrogens with zero attached hydrogens (tertiary/aromatic N) is 6. The van der Waals surface area contributed by atoms with Gasteiger partial charge in [-0.3, -0.25) is 10.1 Å². The predicted octanol–water partition coefficient (Wildman–Crippen LogP) is 5.09. The molecule has 0 saturated carbocycles. The van der Waals surface area contributed by atoms with Gasteiger partial charge >= 0.3 is 0 Å². The zero-order valence-corrected chi connectivity index (χ0v) is 20.5. The van der Waals surface area contributed by atoms with Crippen molar-refractivity contribution in [1.29, 1.82) is 5.26 Å². The van der Waals surface area contributed by atoms with Crippen LogP contribution < -0.4 is 10.6 Å². The smallest absolute Gasteiger partial charge is 0.270 e. The van der Waals surface area contributed by atoms with Gasteiger partial charge in [-0.25, -0.2) is 4.98 Å². The number of benzene rings is 1. The van der Waals surface area contributed by atoms with E-state index in [1.54, 1.807) is 27.2 Å². The van der Waals surface area contributed by atoms with Gasteiger partial charge in [0.1, 0.15) is 17.6 Å². The number of rotatable bonds is 13. The van der Waals surface area contributed by atoms with Crippen molar-refractivity contribution in [1.82, 2.24) is 9.36 Å². The molecule has 0 fully saturated rings. The summed E-state index contributed by atoms with van der Waals surface area (Å²) >= 11 is 1.09. The Bertz CT molecular complexity index is 1250. The topological polar surface area (TPSA) is 160 Å². The molecule has 0 radical (unpaired) electrons. The van der Waals surface area contributed by atoms with Gasteiger partial charge in [0, 0.05) is 63.6 Å². The van der Waals surface area contributed by atoms with E-state index in [4.69, 9.17) is 9.47 Å². The van der Waals surface area contributed by atoms with Crippen LogP contribution in [-0.4, -0.2) is 54.8 Å². The largest absolute Gasteiger partial charge is 0.385 e. The summed E-state index contributed by atoms with van der Waals surface area (Å²) in [6.07, 6.45) is 1.50. The van der Waals surface area contributed by atoms with E-state index < -0.39 is 4.92 Å². The number of non-ortho nitro benzene ring substituents is 1. The molecule has 0 aliphatic rings. The highest BCUT2D eigenvalue weighted by molar-refractivity contribution is 7.11. The molecule has 0 amide bonds. The normalized spacial score (nSPS) is 11.1. The maximum atomic E-state index is 11.2. The van der Waals surface area contributed by atoms with Crippen molar-refractivity contribution in [3.8, 4) is 6.07 Å². The number of nitro benzene ring substituents is 1. The summed E-state index contributed by atoms with van der Waals surface area (Å²) in [6, 6.07) is 6.61. The van der Waals surface area contributed by atoms with Crippen LogP contribution in [0.25, 0.3) is 10.9 Å². The molecule has 2 N–H and O–H groups in total. The van der Waals surface area contributed by atoms with Crippen LogP contribution in [0.15, 0.2) is 28.4 Å². The minimum absolute atomic E-state index is 0.0526. The molecule has 12 nitrogen and oxygen atoms in total. The zero-order chi connectivity index (χ0) is 25.2. The number of hydrogen-bond acceptors (Lipinski definition) is 12. The van der Waals surface area contributed by atoms with Crippen molar-refractivity contribution in [3.05, 3.63) is 39.4 Å². The molecule has 13 heteroatoms. The number of ether oxygens (including phenoxy) is 2. The number of azo groups is 1. The third-order valence-corrected chi connectivity index (χ3v) is 5.82. The number of methoxy groups -OCH3 is 2. The number of hydrogen-bond donors (Lipinski definition) is 2. The van der Waals surface area contributed by atoms with Gasteiger partial charge in [0.2, 0.25) is 0 Å². The van der Waals surface area contributed by atoms with E-state index in [2.05, 4.69) is 36.3 Å². The highest BCUT2D eigenvalue weighted by atomic mass is 32.1. The molecular formula is C22H26N8O4S. The van der Waals surface area contributed by atoms with Crippen LogP contribution in [0.2, 0.25) is 0 Å². The van der Waals surface area contributed by atoms with Crippen LogP contribution in [0, 0.1) is 28.4 Å². The fourth-order valence-electron chi connectivity index (χ4n) is 3.25. The summed E-state index contributed by atoms with van der Waals surface area (Å²) in [5.74, 6) is 0.920. The van der Waals surface area contributed by atoms with Gasteiger partial charge in [0.15, 0.2) is 10.8 Å². The van der Waals surface area contributed by atoms with E-state index in [9.17, 15) is 15.4 Å². The minimum atomic E-state index is -0.467. The first-order valence-corrected chi connectivity index (χ1v) is 11.6. The molecule has 3 rings (SSSR count). The van der Waals surface area contributed by atoms with Crippen molar-refractivity contribution in [2.75, 3.05) is 51.2 Å². The Morgan fingerprint density at radius 2 is 1.83 bits per heavy atom. The molecule has 35 heavy (non-hydrogen) atoms. The first-order chi connectivity index (χ1) is 17.0. The van der Waals surface area contributed by atoms with E-state index in [-0.39, 0.29) is 5.69 Å². The molecule has 0 bridgehead atoms. The van der Waals surface area contributed by atoms with Crippen LogP contribution in [0.4, 0.5) is 28.0 Å². The second-order valence-electron chi connectivity index (χ2n) is 7.46. The maximum absolute atomic E-state index is 11.2. The van der Waals surface area contributed by atoms with Crippen molar-refractivity contribution >= 4 is 50.4 Å². The first kappa shape index (κ1) is 25.9. The van der Waals surface area contributed by atoms with Gasteiger partial charge in [-0.15, -0.1) is 10.2 Å². The summed E-state index contributed by atoms with van der Waals surface area (Å²) in [7, 11) is 3.27. The number of pyridine rings is 1. The van der Waals surface area contributed by atoms with Crippen LogP contribution >= 0.6 is 11.5 Å². The number of nitrogens with one attached hydrogen (secondary N) is 2. The Kier molecular flexibility index (Phi) is 9.36. The third kappa shape index (κ3) is 6.44. The lowest BCUT2D eigenvalue weighted by Gasteiger charge is -2.15. The summed E-state index contributed by atoms with van der Waals surface area (Å²) in [4.78, 5) is 15.3. The van der Waals surface area contributed by atoms with Gasteiger partial charge in [-0.2, -0.15) is 9.64 Å². The summed E-state index contributed by atoms with van der Waals surface area (Å²) < 4.78 is 14.5. The fraction of sp³-hybridized carbons (Fsp3) is 0.409. The molecule has 2 heterocycles. The van der Waals surface area contributed by atoms with Gasteiger partial charge < -0.3 is 20.1 Å². The van der Waals surface area contributed by atoms with Crippen LogP contribution in [0.5, 0.6) is 0 Å². The summed E-state index contributed by atoms with van der Waals surface area (Å²) in [6.45, 7) is 4.11. The van der Waals surface area contributed by atoms with Crippen molar-refractivity contribution in [2.24, 2.45) is 10.2 Å². The lowest BCUT2D eigenvalue weighted by molar-refractivity contribution is -0.384. The monoisotopic (exact) mass is 498 g/mol. The fourth-order valence-corrected chi connectivity index (χ4v) is 3.93. The Hall–Kier alpha value is -3.73. The molecular weight excluding hydrogens is 472 g/mol. The van der Waals surface area contributed by atoms with Crippen LogP contribution in [-0.2, 0) is 9.47 Å². The lowest BCUT2D eigenvalue weighted by Crippen LogP contribution is -2.12. The van der Waals surface area contributed by atoms with Crippen molar-refractivity contribution in [2.45, 2.75) is 19.8 Å². The Morgan fingerprint density at radius 3 is 2.46 bits per heavy atom. The number of nitro groups is 1. The lowest BCUT2D eigenvalue weighted by atomic mass is 10.1. The number of anilines is 2. The quantitative estimate of drug-likeness (QED) is 0.141. The predicted molar refractivity (Wildman–Crippen MR) is 134 cm³/mol. The van der Waals surface area contributed by atoms with Crippen molar-refractivity contribution < 1.29 is 14.4 Å². The Morgan fingerprint density at radius 1 is 1.14 bits per heavy atom. The maximum Gasteiger partial charge on any atom is 0.270 e. The molecule has 0 aliphatic carbocycles. The number of nitriles is 1. The van der Waals surface area contributed by atoms with Crippen molar-refractivity contribution in [3.63, 3.8) is 0 Å². The second-order valence-corrected chi connectivity index (χ2v) is 8.21. The molecule has 0 atom stereocenters. The van der Waals surface area contributed by atoms with Gasteiger partial charge in [0.05, 0.1) is 16.0 Å². The average Bonchev–Trinajstić information content (AvgIpc) is 3.26. The first-order valence-electron chi connectivity index (χ1n) is 10.9. The van der Waals surface area contributed by atoms with Gasteiger partial charge in [-0.1, -0.05) is 0 Å². The van der Waals surface area contributed by atoms with Gasteiger partial charge in [-0.05, 0) is 37.4 Å². The zero-order valence-electron chi connectivity index (χ0n) is 19.7. The minimum Gasteiger partial charge on any atom is -0.385 e. The summed E-state index contributed by atoms with van der Waals surface area (Å²) in [5.41, 5.74) is 1.92.